The number of hydrogen-bond acceptors (Lipinski definition) is 2. The molecule has 0 aliphatic carbocycles. The van der Waals surface area contributed by atoms with Gasteiger partial charge in [-0.2, -0.15) is 0 Å². The first-order chi connectivity index (χ1) is 20.3. The van der Waals surface area contributed by atoms with E-state index in [-0.39, 0.29) is 0 Å². The van der Waals surface area contributed by atoms with Gasteiger partial charge in [0.15, 0.2) is 0 Å². The van der Waals surface area contributed by atoms with Crippen molar-refractivity contribution >= 4 is 0 Å². The Kier molecular flexibility index (Phi) is 28.8. The molecule has 1 atom stereocenters. The van der Waals surface area contributed by atoms with E-state index in [1.54, 1.807) is 0 Å². The molecular formula is C39H78N2. The summed E-state index contributed by atoms with van der Waals surface area (Å²) in [5.41, 5.74) is 0. The van der Waals surface area contributed by atoms with Gasteiger partial charge in [-0.15, -0.1) is 0 Å². The summed E-state index contributed by atoms with van der Waals surface area (Å²) in [6, 6.07) is 0. The van der Waals surface area contributed by atoms with Crippen molar-refractivity contribution in [3.63, 3.8) is 0 Å². The first-order valence-electron chi connectivity index (χ1n) is 19.5. The predicted molar refractivity (Wildman–Crippen MR) is 186 cm³/mol. The molecule has 0 saturated carbocycles. The molecular weight excluding hydrogens is 496 g/mol. The summed E-state index contributed by atoms with van der Waals surface area (Å²) in [7, 11) is 0. The Balaban J connectivity index is 2.07. The fraction of sp³-hybridized carbons (Fsp3) is 0.949. The third-order valence-corrected chi connectivity index (χ3v) is 9.57. The molecule has 0 aromatic rings. The maximum absolute atomic E-state index is 2.70. The molecule has 2 nitrogen and oxygen atoms in total. The Labute approximate surface area is 260 Å². The van der Waals surface area contributed by atoms with Crippen molar-refractivity contribution in [2.45, 2.75) is 226 Å². The van der Waals surface area contributed by atoms with Crippen LogP contribution in [0.2, 0.25) is 0 Å². The normalized spacial score (nSPS) is 15.0. The molecule has 0 fully saturated rings. The molecule has 0 amide bonds. The molecule has 244 valence electrons. The van der Waals surface area contributed by atoms with E-state index in [0.29, 0.717) is 6.17 Å². The molecule has 1 rings (SSSR count). The van der Waals surface area contributed by atoms with Crippen LogP contribution in [0.25, 0.3) is 0 Å². The van der Waals surface area contributed by atoms with Crippen LogP contribution in [-0.4, -0.2) is 29.1 Å². The maximum Gasteiger partial charge on any atom is 0.101 e. The topological polar surface area (TPSA) is 6.48 Å². The van der Waals surface area contributed by atoms with Gasteiger partial charge in [0, 0.05) is 25.5 Å². The molecule has 0 aromatic carbocycles. The average Bonchev–Trinajstić information content (AvgIpc) is 3.36. The van der Waals surface area contributed by atoms with Gasteiger partial charge in [0.05, 0.1) is 0 Å². The minimum atomic E-state index is 0.640. The van der Waals surface area contributed by atoms with Crippen LogP contribution in [0.15, 0.2) is 12.4 Å². The second-order valence-corrected chi connectivity index (χ2v) is 13.6. The lowest BCUT2D eigenvalue weighted by atomic mass is 10.0. The van der Waals surface area contributed by atoms with Gasteiger partial charge in [-0.25, -0.2) is 0 Å². The molecule has 0 bridgehead atoms. The van der Waals surface area contributed by atoms with Gasteiger partial charge >= 0.3 is 0 Å². The van der Waals surface area contributed by atoms with Crippen LogP contribution < -0.4 is 0 Å². The number of unbranched alkanes of at least 4 members (excludes halogenated alkanes) is 27. The quantitative estimate of drug-likeness (QED) is 0.0719. The minimum absolute atomic E-state index is 0.640. The maximum atomic E-state index is 2.70. The van der Waals surface area contributed by atoms with Crippen molar-refractivity contribution in [3.8, 4) is 0 Å². The third-order valence-electron chi connectivity index (χ3n) is 9.57. The number of rotatable bonds is 33. The van der Waals surface area contributed by atoms with Crippen molar-refractivity contribution in [1.29, 1.82) is 0 Å². The molecule has 1 aliphatic rings. The largest absolute Gasteiger partial charge is 0.356 e. The Morgan fingerprint density at radius 2 is 0.561 bits per heavy atom. The van der Waals surface area contributed by atoms with E-state index in [4.69, 9.17) is 0 Å². The second-order valence-electron chi connectivity index (χ2n) is 13.6. The lowest BCUT2D eigenvalue weighted by molar-refractivity contribution is 0.135. The highest BCUT2D eigenvalue weighted by Crippen LogP contribution is 2.24. The van der Waals surface area contributed by atoms with E-state index < -0.39 is 0 Å². The van der Waals surface area contributed by atoms with E-state index in [9.17, 15) is 0 Å². The minimum Gasteiger partial charge on any atom is -0.356 e. The van der Waals surface area contributed by atoms with Crippen molar-refractivity contribution in [3.05, 3.63) is 12.4 Å². The Morgan fingerprint density at radius 3 is 0.902 bits per heavy atom. The van der Waals surface area contributed by atoms with Gasteiger partial charge in [0.25, 0.3) is 0 Å². The van der Waals surface area contributed by atoms with E-state index in [2.05, 4.69) is 43.0 Å². The zero-order valence-electron chi connectivity index (χ0n) is 29.0. The monoisotopic (exact) mass is 575 g/mol. The van der Waals surface area contributed by atoms with Gasteiger partial charge in [0.1, 0.15) is 6.17 Å². The summed E-state index contributed by atoms with van der Waals surface area (Å²) in [5, 5.41) is 0. The molecule has 0 aromatic heterocycles. The summed E-state index contributed by atoms with van der Waals surface area (Å²) in [6.45, 7) is 9.47. The van der Waals surface area contributed by atoms with Crippen LogP contribution in [0.5, 0.6) is 0 Å². The molecule has 0 radical (unpaired) electrons. The average molecular weight is 575 g/mol. The Hall–Kier alpha value is -0.660. The zero-order valence-corrected chi connectivity index (χ0v) is 29.0. The Morgan fingerprint density at radius 1 is 0.317 bits per heavy atom. The third kappa shape index (κ3) is 23.5. The van der Waals surface area contributed by atoms with Crippen molar-refractivity contribution in [2.75, 3.05) is 13.1 Å². The fourth-order valence-electron chi connectivity index (χ4n) is 6.72. The van der Waals surface area contributed by atoms with Gasteiger partial charge in [0.2, 0.25) is 0 Å². The lowest BCUT2D eigenvalue weighted by Gasteiger charge is -2.33. The molecule has 0 spiro atoms. The first-order valence-corrected chi connectivity index (χ1v) is 19.5. The van der Waals surface area contributed by atoms with Gasteiger partial charge in [-0.05, 0) is 25.7 Å². The molecule has 1 aliphatic heterocycles. The molecule has 0 saturated heterocycles. The van der Waals surface area contributed by atoms with Crippen LogP contribution in [-0.2, 0) is 0 Å². The molecule has 41 heavy (non-hydrogen) atoms. The van der Waals surface area contributed by atoms with Crippen molar-refractivity contribution in [2.24, 2.45) is 0 Å². The summed E-state index contributed by atoms with van der Waals surface area (Å²) in [4.78, 5) is 5.38. The highest BCUT2D eigenvalue weighted by molar-refractivity contribution is 4.97. The summed E-state index contributed by atoms with van der Waals surface area (Å²) in [6.07, 6.45) is 50.0. The molecule has 1 unspecified atom stereocenters. The molecule has 1 heterocycles. The standard InChI is InChI=1S/C39H78N2/c1-4-7-10-12-14-16-18-20-21-22-24-26-28-30-33-36-41-38-37-40(35-32-9-6-3)39(41)34-31-29-27-25-23-19-17-15-13-11-8-5-2/h37-39H,4-36H2,1-3H3. The Bertz CT molecular complexity index is 530. The second kappa shape index (κ2) is 30.8. The SMILES string of the molecule is CCCCCCCCCCCCCCCCCN1C=CN(CCCCC)C1CCCCCCCCCCCCCC. The van der Waals surface area contributed by atoms with Crippen molar-refractivity contribution < 1.29 is 0 Å². The van der Waals surface area contributed by atoms with E-state index >= 15 is 0 Å². The highest BCUT2D eigenvalue weighted by atomic mass is 15.4. The van der Waals surface area contributed by atoms with E-state index in [1.165, 1.54) is 212 Å². The van der Waals surface area contributed by atoms with Gasteiger partial charge < -0.3 is 9.80 Å². The zero-order chi connectivity index (χ0) is 29.5. The molecule has 0 N–H and O–H groups in total. The van der Waals surface area contributed by atoms with Crippen LogP contribution in [0, 0.1) is 0 Å². The van der Waals surface area contributed by atoms with Gasteiger partial charge in [-0.1, -0.05) is 194 Å². The first kappa shape index (κ1) is 38.4. The summed E-state index contributed by atoms with van der Waals surface area (Å²) < 4.78 is 0. The number of nitrogens with zero attached hydrogens (tertiary/aromatic N) is 2. The van der Waals surface area contributed by atoms with Crippen LogP contribution >= 0.6 is 0 Å². The van der Waals surface area contributed by atoms with Crippen LogP contribution in [0.3, 0.4) is 0 Å². The van der Waals surface area contributed by atoms with Gasteiger partial charge in [-0.3, -0.25) is 0 Å². The lowest BCUT2D eigenvalue weighted by Crippen LogP contribution is -2.39. The molecule has 2 heteroatoms. The number of hydrogen-bond donors (Lipinski definition) is 0. The van der Waals surface area contributed by atoms with E-state index in [1.807, 2.05) is 0 Å². The smallest absolute Gasteiger partial charge is 0.101 e. The predicted octanol–water partition coefficient (Wildman–Crippen LogP) is 13.6. The highest BCUT2D eigenvalue weighted by Gasteiger charge is 2.24. The summed E-state index contributed by atoms with van der Waals surface area (Å²) >= 11 is 0. The summed E-state index contributed by atoms with van der Waals surface area (Å²) in [5.74, 6) is 0. The van der Waals surface area contributed by atoms with Crippen LogP contribution in [0.4, 0.5) is 0 Å². The van der Waals surface area contributed by atoms with Crippen LogP contribution in [0.1, 0.15) is 220 Å². The fourth-order valence-corrected chi connectivity index (χ4v) is 6.72. The van der Waals surface area contributed by atoms with E-state index in [0.717, 1.165) is 0 Å². The van der Waals surface area contributed by atoms with Crippen molar-refractivity contribution in [1.82, 2.24) is 9.80 Å².